The van der Waals surface area contributed by atoms with Crippen LogP contribution in [0.1, 0.15) is 31.7 Å². The third kappa shape index (κ3) is 7.45. The van der Waals surface area contributed by atoms with Crippen LogP contribution in [-0.2, 0) is 20.5 Å². The van der Waals surface area contributed by atoms with Crippen molar-refractivity contribution in [1.29, 1.82) is 0 Å². The Kier molecular flexibility index (Phi) is 8.25. The average Bonchev–Trinajstić information content (AvgIpc) is 2.53. The first kappa shape index (κ1) is 20.0. The first-order chi connectivity index (χ1) is 11.3. The number of alkyl halides is 3. The monoisotopic (exact) mass is 346 g/mol. The molecule has 24 heavy (non-hydrogen) atoms. The number of amides is 2. The van der Waals surface area contributed by atoms with E-state index in [1.807, 2.05) is 6.92 Å². The van der Waals surface area contributed by atoms with Crippen LogP contribution in [0.4, 0.5) is 18.9 Å². The summed E-state index contributed by atoms with van der Waals surface area (Å²) in [5, 5.41) is 4.53. The molecular weight excluding hydrogens is 325 g/mol. The van der Waals surface area contributed by atoms with Crippen LogP contribution in [0.25, 0.3) is 0 Å². The quantitative estimate of drug-likeness (QED) is 0.562. The second kappa shape index (κ2) is 9.92. The molecule has 1 aromatic carbocycles. The summed E-state index contributed by atoms with van der Waals surface area (Å²) in [5.41, 5.74) is -0.988. The molecule has 2 amide bonds. The van der Waals surface area contributed by atoms with Gasteiger partial charge in [0, 0.05) is 25.4 Å². The van der Waals surface area contributed by atoms with Crippen molar-refractivity contribution in [3.8, 4) is 0 Å². The Balaban J connectivity index is 2.35. The molecule has 8 heteroatoms. The van der Waals surface area contributed by atoms with Gasteiger partial charge < -0.3 is 15.4 Å². The Labute approximate surface area is 138 Å². The number of halogens is 3. The number of hydrogen-bond acceptors (Lipinski definition) is 3. The highest BCUT2D eigenvalue weighted by Crippen LogP contribution is 2.30. The van der Waals surface area contributed by atoms with Crippen LogP contribution in [0.15, 0.2) is 24.3 Å². The van der Waals surface area contributed by atoms with E-state index >= 15 is 0 Å². The summed E-state index contributed by atoms with van der Waals surface area (Å²) in [7, 11) is 0. The van der Waals surface area contributed by atoms with Gasteiger partial charge >= 0.3 is 18.0 Å². The number of hydrogen-bond donors (Lipinski definition) is 2. The Hall–Kier alpha value is -2.09. The van der Waals surface area contributed by atoms with Crippen LogP contribution >= 0.6 is 0 Å². The van der Waals surface area contributed by atoms with E-state index in [0.717, 1.165) is 31.0 Å². The summed E-state index contributed by atoms with van der Waals surface area (Å²) >= 11 is 0. The maximum absolute atomic E-state index is 12.6. The van der Waals surface area contributed by atoms with Gasteiger partial charge in [-0.2, -0.15) is 13.2 Å². The molecule has 0 saturated heterocycles. The SMILES string of the molecule is CCCCOCCCNC(=O)C(=O)Nc1cccc(C(F)(F)F)c1. The Morgan fingerprint density at radius 2 is 1.83 bits per heavy atom. The van der Waals surface area contributed by atoms with Gasteiger partial charge in [-0.3, -0.25) is 9.59 Å². The summed E-state index contributed by atoms with van der Waals surface area (Å²) in [6.45, 7) is 3.42. The fourth-order valence-electron chi connectivity index (χ4n) is 1.77. The number of anilines is 1. The van der Waals surface area contributed by atoms with Gasteiger partial charge in [-0.1, -0.05) is 19.4 Å². The zero-order valence-corrected chi connectivity index (χ0v) is 13.4. The van der Waals surface area contributed by atoms with Gasteiger partial charge in [0.25, 0.3) is 0 Å². The molecular formula is C16H21F3N2O3. The van der Waals surface area contributed by atoms with E-state index in [9.17, 15) is 22.8 Å². The lowest BCUT2D eigenvalue weighted by Crippen LogP contribution is -2.36. The highest BCUT2D eigenvalue weighted by atomic mass is 19.4. The molecule has 1 aromatic rings. The molecule has 134 valence electrons. The zero-order valence-electron chi connectivity index (χ0n) is 13.4. The van der Waals surface area contributed by atoms with Crippen molar-refractivity contribution in [2.45, 2.75) is 32.4 Å². The van der Waals surface area contributed by atoms with E-state index in [0.29, 0.717) is 19.6 Å². The molecule has 1 rings (SSSR count). The Morgan fingerprint density at radius 3 is 2.50 bits per heavy atom. The van der Waals surface area contributed by atoms with E-state index in [-0.39, 0.29) is 12.2 Å². The van der Waals surface area contributed by atoms with Crippen molar-refractivity contribution in [3.63, 3.8) is 0 Å². The summed E-state index contributed by atoms with van der Waals surface area (Å²) in [5.74, 6) is -1.91. The molecule has 0 aliphatic carbocycles. The van der Waals surface area contributed by atoms with Crippen LogP contribution in [0.5, 0.6) is 0 Å². The Morgan fingerprint density at radius 1 is 1.12 bits per heavy atom. The second-order valence-corrected chi connectivity index (χ2v) is 5.11. The van der Waals surface area contributed by atoms with Gasteiger partial charge in [-0.15, -0.1) is 0 Å². The zero-order chi connectivity index (χ0) is 18.0. The first-order valence-corrected chi connectivity index (χ1v) is 7.68. The predicted molar refractivity (Wildman–Crippen MR) is 83.4 cm³/mol. The minimum Gasteiger partial charge on any atom is -0.381 e. The van der Waals surface area contributed by atoms with Crippen molar-refractivity contribution in [2.75, 3.05) is 25.1 Å². The number of unbranched alkanes of at least 4 members (excludes halogenated alkanes) is 1. The number of ether oxygens (including phenoxy) is 1. The van der Waals surface area contributed by atoms with E-state index in [1.54, 1.807) is 0 Å². The fraction of sp³-hybridized carbons (Fsp3) is 0.500. The van der Waals surface area contributed by atoms with E-state index in [2.05, 4.69) is 10.6 Å². The number of benzene rings is 1. The molecule has 0 aromatic heterocycles. The number of carbonyl (C=O) groups is 2. The third-order valence-corrected chi connectivity index (χ3v) is 3.05. The fourth-order valence-corrected chi connectivity index (χ4v) is 1.77. The van der Waals surface area contributed by atoms with E-state index in [4.69, 9.17) is 4.74 Å². The normalized spacial score (nSPS) is 11.2. The molecule has 0 saturated carbocycles. The smallest absolute Gasteiger partial charge is 0.381 e. The molecule has 0 spiro atoms. The molecule has 2 N–H and O–H groups in total. The molecule has 0 unspecified atom stereocenters. The standard InChI is InChI=1S/C16H21F3N2O3/c1-2-3-9-24-10-5-8-20-14(22)15(23)21-13-7-4-6-12(11-13)16(17,18)19/h4,6-7,11H,2-3,5,8-10H2,1H3,(H,20,22)(H,21,23). The lowest BCUT2D eigenvalue weighted by Gasteiger charge is -2.10. The third-order valence-electron chi connectivity index (χ3n) is 3.05. The molecule has 0 atom stereocenters. The highest BCUT2D eigenvalue weighted by molar-refractivity contribution is 6.39. The van der Waals surface area contributed by atoms with Gasteiger partial charge in [0.2, 0.25) is 0 Å². The van der Waals surface area contributed by atoms with Crippen LogP contribution in [-0.4, -0.2) is 31.6 Å². The van der Waals surface area contributed by atoms with Gasteiger partial charge in [0.15, 0.2) is 0 Å². The largest absolute Gasteiger partial charge is 0.416 e. The maximum atomic E-state index is 12.6. The van der Waals surface area contributed by atoms with Crippen molar-refractivity contribution >= 4 is 17.5 Å². The summed E-state index contributed by atoms with van der Waals surface area (Å²) in [4.78, 5) is 23.2. The average molecular weight is 346 g/mol. The Bertz CT molecular complexity index is 548. The summed E-state index contributed by atoms with van der Waals surface area (Å²) < 4.78 is 43.0. The molecule has 0 heterocycles. The van der Waals surface area contributed by atoms with Crippen molar-refractivity contribution in [3.05, 3.63) is 29.8 Å². The predicted octanol–water partition coefficient (Wildman–Crippen LogP) is 2.97. The van der Waals surface area contributed by atoms with Crippen molar-refractivity contribution in [2.24, 2.45) is 0 Å². The van der Waals surface area contributed by atoms with Crippen molar-refractivity contribution in [1.82, 2.24) is 5.32 Å². The van der Waals surface area contributed by atoms with Gasteiger partial charge in [-0.25, -0.2) is 0 Å². The maximum Gasteiger partial charge on any atom is 0.416 e. The van der Waals surface area contributed by atoms with Crippen molar-refractivity contribution < 1.29 is 27.5 Å². The lowest BCUT2D eigenvalue weighted by molar-refractivity contribution is -0.137. The minimum atomic E-state index is -4.51. The van der Waals surface area contributed by atoms with Crippen LogP contribution < -0.4 is 10.6 Å². The topological polar surface area (TPSA) is 67.4 Å². The highest BCUT2D eigenvalue weighted by Gasteiger charge is 2.30. The number of rotatable bonds is 8. The summed E-state index contributed by atoms with van der Waals surface area (Å²) in [6, 6.07) is 4.09. The molecule has 0 aliphatic heterocycles. The van der Waals surface area contributed by atoms with Gasteiger partial charge in [-0.05, 0) is 31.0 Å². The van der Waals surface area contributed by atoms with Crippen LogP contribution in [0.3, 0.4) is 0 Å². The molecule has 0 aliphatic rings. The number of nitrogens with one attached hydrogen (secondary N) is 2. The molecule has 0 radical (unpaired) electrons. The lowest BCUT2D eigenvalue weighted by atomic mass is 10.2. The first-order valence-electron chi connectivity index (χ1n) is 7.68. The van der Waals surface area contributed by atoms with Crippen LogP contribution in [0.2, 0.25) is 0 Å². The minimum absolute atomic E-state index is 0.0899. The van der Waals surface area contributed by atoms with Gasteiger partial charge in [0.1, 0.15) is 0 Å². The molecule has 5 nitrogen and oxygen atoms in total. The second-order valence-electron chi connectivity index (χ2n) is 5.11. The molecule has 0 fully saturated rings. The van der Waals surface area contributed by atoms with Crippen LogP contribution in [0, 0.1) is 0 Å². The molecule has 0 bridgehead atoms. The summed E-state index contributed by atoms with van der Waals surface area (Å²) in [6.07, 6.45) is -1.97. The van der Waals surface area contributed by atoms with E-state index < -0.39 is 23.6 Å². The van der Waals surface area contributed by atoms with Gasteiger partial charge in [0.05, 0.1) is 5.56 Å². The van der Waals surface area contributed by atoms with E-state index in [1.165, 1.54) is 6.07 Å². The number of carbonyl (C=O) groups excluding carboxylic acids is 2.